The van der Waals surface area contributed by atoms with Crippen LogP contribution >= 0.6 is 0 Å². The highest BCUT2D eigenvalue weighted by molar-refractivity contribution is 7.91. The molecule has 0 unspecified atom stereocenters. The Morgan fingerprint density at radius 1 is 0.909 bits per heavy atom. The van der Waals surface area contributed by atoms with Crippen LogP contribution in [0.1, 0.15) is 40.4 Å². The molecule has 3 rings (SSSR count). The maximum absolute atomic E-state index is 13.4. The summed E-state index contributed by atoms with van der Waals surface area (Å²) in [4.78, 5) is 12.8. The van der Waals surface area contributed by atoms with Crippen molar-refractivity contribution in [3.8, 4) is 5.75 Å². The van der Waals surface area contributed by atoms with Crippen LogP contribution in [0.15, 0.2) is 76.5 Å². The normalized spacial score (nSPS) is 11.2. The molecular weight excluding hydrogens is 438 g/mol. The molecule has 0 amide bonds. The lowest BCUT2D eigenvalue weighted by molar-refractivity contribution is 0.0595. The number of hydrogen-bond donors (Lipinski definition) is 1. The Hall–Kier alpha value is -3.16. The molecule has 174 valence electrons. The molecule has 3 aromatic rings. The van der Waals surface area contributed by atoms with Crippen molar-refractivity contribution in [2.45, 2.75) is 42.6 Å². The Morgan fingerprint density at radius 2 is 1.61 bits per heavy atom. The number of nitrogens with two attached hydrogens (primary N) is 1. The average molecular weight is 468 g/mol. The van der Waals surface area contributed by atoms with Crippen LogP contribution in [0.5, 0.6) is 5.75 Å². The van der Waals surface area contributed by atoms with Crippen molar-refractivity contribution in [1.29, 1.82) is 0 Å². The molecule has 0 saturated heterocycles. The van der Waals surface area contributed by atoms with Gasteiger partial charge < -0.3 is 15.2 Å². The van der Waals surface area contributed by atoms with E-state index in [2.05, 4.69) is 0 Å². The van der Waals surface area contributed by atoms with Gasteiger partial charge >= 0.3 is 5.97 Å². The first-order valence-electron chi connectivity index (χ1n) is 10.9. The average Bonchev–Trinajstić information content (AvgIpc) is 2.83. The van der Waals surface area contributed by atoms with Crippen molar-refractivity contribution in [1.82, 2.24) is 0 Å². The fraction of sp³-hybridized carbons (Fsp3) is 0.269. The summed E-state index contributed by atoms with van der Waals surface area (Å²) in [5.74, 6) is -0.296. The van der Waals surface area contributed by atoms with Gasteiger partial charge in [0.1, 0.15) is 17.9 Å². The Bertz CT molecular complexity index is 1190. The second kappa shape index (κ2) is 11.1. The van der Waals surface area contributed by atoms with Crippen LogP contribution in [0, 0.1) is 0 Å². The summed E-state index contributed by atoms with van der Waals surface area (Å²) in [6.45, 7) is 2.71. The van der Waals surface area contributed by atoms with Gasteiger partial charge in [-0.3, -0.25) is 0 Å². The largest absolute Gasteiger partial charge is 0.488 e. The number of carbonyl (C=O) groups excluding carboxylic acids is 1. The minimum absolute atomic E-state index is 0.0324. The zero-order valence-corrected chi connectivity index (χ0v) is 19.7. The van der Waals surface area contributed by atoms with E-state index in [1.165, 1.54) is 13.2 Å². The van der Waals surface area contributed by atoms with Gasteiger partial charge in [-0.1, -0.05) is 55.8 Å². The van der Waals surface area contributed by atoms with Crippen LogP contribution in [0.2, 0.25) is 0 Å². The summed E-state index contributed by atoms with van der Waals surface area (Å²) >= 11 is 0. The van der Waals surface area contributed by atoms with Gasteiger partial charge in [-0.05, 0) is 60.3 Å². The first-order valence-corrected chi connectivity index (χ1v) is 12.3. The summed E-state index contributed by atoms with van der Waals surface area (Å²) in [5.41, 5.74) is 8.22. The molecule has 33 heavy (non-hydrogen) atoms. The van der Waals surface area contributed by atoms with E-state index in [0.717, 1.165) is 17.5 Å². The number of ether oxygens (including phenoxy) is 2. The summed E-state index contributed by atoms with van der Waals surface area (Å²) < 4.78 is 37.8. The molecule has 0 radical (unpaired) electrons. The van der Waals surface area contributed by atoms with Gasteiger partial charge in [0.2, 0.25) is 9.84 Å². The molecule has 0 aliphatic rings. The second-order valence-electron chi connectivity index (χ2n) is 7.66. The van der Waals surface area contributed by atoms with Crippen LogP contribution < -0.4 is 10.5 Å². The Labute approximate surface area is 195 Å². The van der Waals surface area contributed by atoms with Crippen molar-refractivity contribution >= 4 is 15.8 Å². The maximum Gasteiger partial charge on any atom is 0.341 e. The molecule has 0 aliphatic heterocycles. The van der Waals surface area contributed by atoms with Crippen LogP contribution in [0.3, 0.4) is 0 Å². The zero-order chi connectivity index (χ0) is 23.8. The Morgan fingerprint density at radius 3 is 2.21 bits per heavy atom. The van der Waals surface area contributed by atoms with E-state index in [1.54, 1.807) is 30.3 Å². The summed E-state index contributed by atoms with van der Waals surface area (Å²) in [7, 11) is -2.59. The molecular formula is C26H29NO5S. The topological polar surface area (TPSA) is 95.7 Å². The van der Waals surface area contributed by atoms with E-state index in [9.17, 15) is 13.2 Å². The Kier molecular flexibility index (Phi) is 8.25. The van der Waals surface area contributed by atoms with E-state index in [-0.39, 0.29) is 22.0 Å². The van der Waals surface area contributed by atoms with Crippen molar-refractivity contribution in [2.24, 2.45) is 5.73 Å². The molecule has 6 nitrogen and oxygen atoms in total. The van der Waals surface area contributed by atoms with Gasteiger partial charge in [0.25, 0.3) is 0 Å². The lowest BCUT2D eigenvalue weighted by Gasteiger charge is -2.17. The number of hydrogen-bond acceptors (Lipinski definition) is 6. The van der Waals surface area contributed by atoms with Crippen molar-refractivity contribution < 1.29 is 22.7 Å². The molecule has 0 aromatic heterocycles. The predicted molar refractivity (Wildman–Crippen MR) is 127 cm³/mol. The zero-order valence-electron chi connectivity index (χ0n) is 18.9. The maximum atomic E-state index is 13.4. The monoisotopic (exact) mass is 467 g/mol. The first-order chi connectivity index (χ1) is 15.9. The van der Waals surface area contributed by atoms with Crippen LogP contribution in [-0.2, 0) is 34.0 Å². The minimum Gasteiger partial charge on any atom is -0.488 e. The smallest absolute Gasteiger partial charge is 0.341 e. The molecule has 0 saturated carbocycles. The summed E-state index contributed by atoms with van der Waals surface area (Å²) in [6, 6.07) is 19.1. The fourth-order valence-electron chi connectivity index (χ4n) is 3.57. The third-order valence-electron chi connectivity index (χ3n) is 5.27. The standard InChI is InChI=1S/C26H29NO5S/c1-3-7-21-16-23(33(29,30)22-12-10-19(11-13-22)14-15-27)17-24(26(28)31-2)25(21)32-18-20-8-5-4-6-9-20/h4-6,8-13,16-17H,3,7,14-15,18,27H2,1-2H3. The van der Waals surface area contributed by atoms with Gasteiger partial charge in [-0.2, -0.15) is 0 Å². The van der Waals surface area contributed by atoms with E-state index < -0.39 is 15.8 Å². The highest BCUT2D eigenvalue weighted by Gasteiger charge is 2.25. The molecule has 0 bridgehead atoms. The first kappa shape index (κ1) is 24.5. The van der Waals surface area contributed by atoms with E-state index in [1.807, 2.05) is 37.3 Å². The molecule has 0 fully saturated rings. The second-order valence-corrected chi connectivity index (χ2v) is 9.61. The highest BCUT2D eigenvalue weighted by Crippen LogP contribution is 2.33. The number of sulfone groups is 1. The van der Waals surface area contributed by atoms with Gasteiger partial charge in [0.05, 0.1) is 16.9 Å². The third-order valence-corrected chi connectivity index (χ3v) is 7.02. The molecule has 0 heterocycles. The van der Waals surface area contributed by atoms with E-state index in [4.69, 9.17) is 15.2 Å². The van der Waals surface area contributed by atoms with Crippen LogP contribution in [0.25, 0.3) is 0 Å². The molecule has 0 atom stereocenters. The fourth-order valence-corrected chi connectivity index (χ4v) is 4.91. The van der Waals surface area contributed by atoms with E-state index in [0.29, 0.717) is 30.7 Å². The lowest BCUT2D eigenvalue weighted by atomic mass is 10.0. The number of aryl methyl sites for hydroxylation is 1. The van der Waals surface area contributed by atoms with Crippen molar-refractivity contribution in [3.63, 3.8) is 0 Å². The van der Waals surface area contributed by atoms with Gasteiger partial charge in [0.15, 0.2) is 0 Å². The molecule has 3 aromatic carbocycles. The van der Waals surface area contributed by atoms with Crippen LogP contribution in [0.4, 0.5) is 0 Å². The lowest BCUT2D eigenvalue weighted by Crippen LogP contribution is -2.12. The van der Waals surface area contributed by atoms with E-state index >= 15 is 0 Å². The number of methoxy groups -OCH3 is 1. The molecule has 0 aliphatic carbocycles. The SMILES string of the molecule is CCCc1cc(S(=O)(=O)c2ccc(CCN)cc2)cc(C(=O)OC)c1OCc1ccccc1. The number of carbonyl (C=O) groups is 1. The van der Waals surface area contributed by atoms with Crippen LogP contribution in [-0.4, -0.2) is 28.0 Å². The quantitative estimate of drug-likeness (QED) is 0.446. The molecule has 0 spiro atoms. The highest BCUT2D eigenvalue weighted by atomic mass is 32.2. The molecule has 2 N–H and O–H groups in total. The molecule has 7 heteroatoms. The van der Waals surface area contributed by atoms with Crippen molar-refractivity contribution in [3.05, 3.63) is 89.0 Å². The van der Waals surface area contributed by atoms with Crippen molar-refractivity contribution in [2.75, 3.05) is 13.7 Å². The summed E-state index contributed by atoms with van der Waals surface area (Å²) in [6.07, 6.45) is 1.97. The summed E-state index contributed by atoms with van der Waals surface area (Å²) in [5, 5.41) is 0. The van der Waals surface area contributed by atoms with Gasteiger partial charge in [-0.25, -0.2) is 13.2 Å². The minimum atomic E-state index is -3.85. The number of esters is 1. The Balaban J connectivity index is 2.06. The predicted octanol–water partition coefficient (Wildman–Crippen LogP) is 4.34. The number of rotatable bonds is 10. The van der Waals surface area contributed by atoms with Gasteiger partial charge in [0, 0.05) is 0 Å². The third kappa shape index (κ3) is 5.80. The van der Waals surface area contributed by atoms with Gasteiger partial charge in [-0.15, -0.1) is 0 Å². The number of benzene rings is 3.